The van der Waals surface area contributed by atoms with Gasteiger partial charge in [0.05, 0.1) is 24.6 Å². The summed E-state index contributed by atoms with van der Waals surface area (Å²) in [5, 5.41) is 14.3. The van der Waals surface area contributed by atoms with Crippen molar-refractivity contribution in [1.82, 2.24) is 15.2 Å². The van der Waals surface area contributed by atoms with E-state index in [0.717, 1.165) is 18.8 Å². The van der Waals surface area contributed by atoms with E-state index in [2.05, 4.69) is 42.8 Å². The van der Waals surface area contributed by atoms with Crippen molar-refractivity contribution in [1.29, 1.82) is 0 Å². The van der Waals surface area contributed by atoms with E-state index in [1.807, 2.05) is 18.2 Å². The molecule has 148 valence electrons. The summed E-state index contributed by atoms with van der Waals surface area (Å²) in [7, 11) is 1.35. The van der Waals surface area contributed by atoms with E-state index < -0.39 is 5.97 Å². The Bertz CT molecular complexity index is 986. The molecule has 0 amide bonds. The van der Waals surface area contributed by atoms with Crippen LogP contribution in [0.3, 0.4) is 0 Å². The minimum absolute atomic E-state index is 0.361. The molecule has 4 rings (SSSR count). The van der Waals surface area contributed by atoms with Gasteiger partial charge >= 0.3 is 5.97 Å². The van der Waals surface area contributed by atoms with Crippen LogP contribution in [-0.4, -0.2) is 41.3 Å². The smallest absolute Gasteiger partial charge is 0.339 e. The molecule has 1 aliphatic heterocycles. The zero-order chi connectivity index (χ0) is 20.1. The number of methoxy groups -OCH3 is 1. The second-order valence-corrected chi connectivity index (χ2v) is 6.69. The zero-order valence-electron chi connectivity index (χ0n) is 16.1. The van der Waals surface area contributed by atoms with Gasteiger partial charge in [-0.2, -0.15) is 10.1 Å². The number of hydrogen-bond acceptors (Lipinski definition) is 8. The molecule has 2 heterocycles. The van der Waals surface area contributed by atoms with Crippen LogP contribution >= 0.6 is 0 Å². The van der Waals surface area contributed by atoms with Crippen molar-refractivity contribution in [3.8, 4) is 0 Å². The number of rotatable bonds is 6. The highest BCUT2D eigenvalue weighted by Crippen LogP contribution is 2.24. The summed E-state index contributed by atoms with van der Waals surface area (Å²) >= 11 is 0. The van der Waals surface area contributed by atoms with Gasteiger partial charge in [0.15, 0.2) is 5.82 Å². The van der Waals surface area contributed by atoms with Crippen LogP contribution in [0.15, 0.2) is 54.7 Å². The lowest BCUT2D eigenvalue weighted by atomic mass is 10.2. The lowest BCUT2D eigenvalue weighted by Gasteiger charge is -2.17. The van der Waals surface area contributed by atoms with Crippen LogP contribution in [0.5, 0.6) is 0 Å². The Balaban J connectivity index is 1.47. The molecular weight excluding hydrogens is 368 g/mol. The first-order valence-corrected chi connectivity index (χ1v) is 9.49. The molecule has 0 saturated carbocycles. The van der Waals surface area contributed by atoms with Gasteiger partial charge in [0.1, 0.15) is 0 Å². The third kappa shape index (κ3) is 4.43. The number of benzene rings is 2. The van der Waals surface area contributed by atoms with Gasteiger partial charge in [0, 0.05) is 24.5 Å². The van der Waals surface area contributed by atoms with Crippen molar-refractivity contribution in [2.45, 2.75) is 12.8 Å². The van der Waals surface area contributed by atoms with Crippen LogP contribution in [0, 0.1) is 0 Å². The Morgan fingerprint density at radius 2 is 1.79 bits per heavy atom. The van der Waals surface area contributed by atoms with Gasteiger partial charge < -0.3 is 20.3 Å². The van der Waals surface area contributed by atoms with E-state index in [1.165, 1.54) is 31.8 Å². The summed E-state index contributed by atoms with van der Waals surface area (Å²) < 4.78 is 4.82. The highest BCUT2D eigenvalue weighted by molar-refractivity contribution is 5.96. The molecule has 1 fully saturated rings. The van der Waals surface area contributed by atoms with Crippen molar-refractivity contribution in [2.75, 3.05) is 35.7 Å². The molecule has 2 aromatic carbocycles. The Morgan fingerprint density at radius 1 is 1.03 bits per heavy atom. The number of nitrogens with zero attached hydrogens (tertiary/aromatic N) is 4. The summed E-state index contributed by atoms with van der Waals surface area (Å²) in [6.45, 7) is 2.22. The van der Waals surface area contributed by atoms with Crippen LogP contribution in [0.25, 0.3) is 0 Å². The first-order valence-electron chi connectivity index (χ1n) is 9.49. The first kappa shape index (κ1) is 18.7. The molecule has 3 aromatic rings. The Hall–Kier alpha value is -3.68. The number of hydrogen-bond donors (Lipinski definition) is 2. The van der Waals surface area contributed by atoms with Gasteiger partial charge in [-0.3, -0.25) is 0 Å². The third-order valence-corrected chi connectivity index (χ3v) is 4.75. The van der Waals surface area contributed by atoms with E-state index in [9.17, 15) is 4.79 Å². The average Bonchev–Trinajstić information content (AvgIpc) is 3.29. The molecular formula is C21H22N6O2. The molecule has 1 aromatic heterocycles. The van der Waals surface area contributed by atoms with Crippen LogP contribution in [-0.2, 0) is 4.74 Å². The minimum atomic E-state index is -0.424. The Kier molecular flexibility index (Phi) is 5.51. The third-order valence-electron chi connectivity index (χ3n) is 4.75. The van der Waals surface area contributed by atoms with Crippen molar-refractivity contribution in [3.63, 3.8) is 0 Å². The molecule has 2 N–H and O–H groups in total. The number of anilines is 5. The number of nitrogens with one attached hydrogen (secondary N) is 2. The number of ether oxygens (including phenoxy) is 1. The van der Waals surface area contributed by atoms with Crippen molar-refractivity contribution >= 4 is 34.8 Å². The SMILES string of the molecule is COC(=O)c1ccccc1Nc1cnnc(Nc2ccc(N3CCCC3)cc2)n1. The van der Waals surface area contributed by atoms with Crippen LogP contribution < -0.4 is 15.5 Å². The van der Waals surface area contributed by atoms with E-state index in [-0.39, 0.29) is 0 Å². The number of para-hydroxylation sites is 1. The first-order chi connectivity index (χ1) is 14.2. The monoisotopic (exact) mass is 390 g/mol. The van der Waals surface area contributed by atoms with E-state index in [4.69, 9.17) is 4.74 Å². The molecule has 1 saturated heterocycles. The molecule has 0 radical (unpaired) electrons. The molecule has 1 aliphatic rings. The Labute approximate surface area is 168 Å². The lowest BCUT2D eigenvalue weighted by Crippen LogP contribution is -2.17. The second kappa shape index (κ2) is 8.55. The fourth-order valence-corrected chi connectivity index (χ4v) is 3.29. The van der Waals surface area contributed by atoms with Crippen molar-refractivity contribution in [3.05, 3.63) is 60.3 Å². The van der Waals surface area contributed by atoms with Crippen molar-refractivity contribution < 1.29 is 9.53 Å². The summed E-state index contributed by atoms with van der Waals surface area (Å²) in [6.07, 6.45) is 3.99. The van der Waals surface area contributed by atoms with Gasteiger partial charge in [-0.05, 0) is 49.2 Å². The maximum atomic E-state index is 11.9. The van der Waals surface area contributed by atoms with Gasteiger partial charge in [-0.15, -0.1) is 5.10 Å². The second-order valence-electron chi connectivity index (χ2n) is 6.69. The number of carbonyl (C=O) groups excluding carboxylic acids is 1. The molecule has 0 spiro atoms. The lowest BCUT2D eigenvalue weighted by molar-refractivity contribution is 0.0602. The topological polar surface area (TPSA) is 92.3 Å². The average molecular weight is 390 g/mol. The maximum absolute atomic E-state index is 11.9. The van der Waals surface area contributed by atoms with Crippen LogP contribution in [0.2, 0.25) is 0 Å². The van der Waals surface area contributed by atoms with Crippen molar-refractivity contribution in [2.24, 2.45) is 0 Å². The fourth-order valence-electron chi connectivity index (χ4n) is 3.29. The summed E-state index contributed by atoms with van der Waals surface area (Å²) in [6, 6.07) is 15.3. The summed E-state index contributed by atoms with van der Waals surface area (Å²) in [5.41, 5.74) is 3.10. The van der Waals surface area contributed by atoms with Gasteiger partial charge in [-0.1, -0.05) is 12.1 Å². The summed E-state index contributed by atoms with van der Waals surface area (Å²) in [4.78, 5) is 18.7. The van der Waals surface area contributed by atoms with E-state index >= 15 is 0 Å². The quantitative estimate of drug-likeness (QED) is 0.615. The van der Waals surface area contributed by atoms with Gasteiger partial charge in [0.2, 0.25) is 5.95 Å². The minimum Gasteiger partial charge on any atom is -0.465 e. The number of aromatic nitrogens is 3. The molecule has 8 heteroatoms. The zero-order valence-corrected chi connectivity index (χ0v) is 16.1. The molecule has 29 heavy (non-hydrogen) atoms. The fraction of sp³-hybridized carbons (Fsp3) is 0.238. The predicted octanol–water partition coefficient (Wildman–Crippen LogP) is 3.75. The van der Waals surface area contributed by atoms with Crippen LogP contribution in [0.1, 0.15) is 23.2 Å². The van der Waals surface area contributed by atoms with Gasteiger partial charge in [-0.25, -0.2) is 4.79 Å². The predicted molar refractivity (Wildman–Crippen MR) is 112 cm³/mol. The molecule has 0 atom stereocenters. The molecule has 8 nitrogen and oxygen atoms in total. The molecule has 0 bridgehead atoms. The largest absolute Gasteiger partial charge is 0.465 e. The highest BCUT2D eigenvalue weighted by Gasteiger charge is 2.13. The number of carbonyl (C=O) groups is 1. The Morgan fingerprint density at radius 3 is 2.55 bits per heavy atom. The standard InChI is InChI=1S/C21H22N6O2/c1-29-20(28)17-6-2-3-7-18(17)24-19-14-22-26-21(25-19)23-15-8-10-16(11-9-15)27-12-4-5-13-27/h2-3,6-11,14H,4-5,12-13H2,1H3,(H2,23,24,25,26). The van der Waals surface area contributed by atoms with Gasteiger partial charge in [0.25, 0.3) is 0 Å². The highest BCUT2D eigenvalue weighted by atomic mass is 16.5. The number of esters is 1. The molecule has 0 unspecified atom stereocenters. The molecule has 0 aliphatic carbocycles. The normalized spacial score (nSPS) is 13.2. The maximum Gasteiger partial charge on any atom is 0.339 e. The van der Waals surface area contributed by atoms with E-state index in [0.29, 0.717) is 23.0 Å². The summed E-state index contributed by atoms with van der Waals surface area (Å²) in [5.74, 6) is 0.401. The van der Waals surface area contributed by atoms with Crippen LogP contribution in [0.4, 0.5) is 28.8 Å². The van der Waals surface area contributed by atoms with E-state index in [1.54, 1.807) is 18.2 Å².